The summed E-state index contributed by atoms with van der Waals surface area (Å²) in [6.45, 7) is 1.96. The molecule has 1 aromatic carbocycles. The second-order valence-electron chi connectivity index (χ2n) is 4.47. The van der Waals surface area contributed by atoms with Gasteiger partial charge in [0, 0.05) is 10.9 Å². The molecule has 0 spiro atoms. The smallest absolute Gasteiger partial charge is 0.257 e. The fourth-order valence-electron chi connectivity index (χ4n) is 1.85. The zero-order valence-electron chi connectivity index (χ0n) is 11.1. The minimum absolute atomic E-state index is 0.149. The van der Waals surface area contributed by atoms with Gasteiger partial charge in [0.15, 0.2) is 5.13 Å². The van der Waals surface area contributed by atoms with Crippen molar-refractivity contribution >= 4 is 45.3 Å². The minimum Gasteiger partial charge on any atom is -0.298 e. The molecule has 2 aromatic heterocycles. The second kappa shape index (κ2) is 5.97. The van der Waals surface area contributed by atoms with Crippen LogP contribution in [0.2, 0.25) is 4.34 Å². The van der Waals surface area contributed by atoms with Crippen LogP contribution in [0.1, 0.15) is 15.9 Å². The van der Waals surface area contributed by atoms with Gasteiger partial charge in [-0.15, -0.1) is 22.7 Å². The summed E-state index contributed by atoms with van der Waals surface area (Å²) in [5.41, 5.74) is 2.51. The lowest BCUT2D eigenvalue weighted by Crippen LogP contribution is -2.11. The lowest BCUT2D eigenvalue weighted by atomic mass is 10.1. The first-order valence-electron chi connectivity index (χ1n) is 6.21. The van der Waals surface area contributed by atoms with Crippen molar-refractivity contribution in [1.82, 2.24) is 4.98 Å². The molecule has 106 valence electrons. The number of benzene rings is 1. The van der Waals surface area contributed by atoms with E-state index in [-0.39, 0.29) is 5.91 Å². The number of aryl methyl sites for hydroxylation is 1. The number of thiophene rings is 1. The van der Waals surface area contributed by atoms with Crippen LogP contribution in [0.4, 0.5) is 5.13 Å². The van der Waals surface area contributed by atoms with E-state index in [1.165, 1.54) is 22.7 Å². The van der Waals surface area contributed by atoms with Crippen molar-refractivity contribution in [1.29, 1.82) is 0 Å². The van der Waals surface area contributed by atoms with Crippen LogP contribution in [0, 0.1) is 6.92 Å². The molecule has 3 aromatic rings. The predicted octanol–water partition coefficient (Wildman–Crippen LogP) is 5.09. The van der Waals surface area contributed by atoms with Crippen molar-refractivity contribution in [3.05, 3.63) is 57.2 Å². The van der Waals surface area contributed by atoms with Crippen LogP contribution in [-0.2, 0) is 0 Å². The third-order valence-electron chi connectivity index (χ3n) is 2.83. The Hall–Kier alpha value is -1.69. The number of halogens is 1. The van der Waals surface area contributed by atoms with Crippen LogP contribution in [0.3, 0.4) is 0 Å². The Balaban J connectivity index is 1.77. The molecule has 0 aliphatic heterocycles. The molecule has 6 heteroatoms. The van der Waals surface area contributed by atoms with E-state index in [1.807, 2.05) is 42.6 Å². The van der Waals surface area contributed by atoms with Gasteiger partial charge in [0.25, 0.3) is 5.91 Å². The van der Waals surface area contributed by atoms with Gasteiger partial charge < -0.3 is 0 Å². The molecule has 0 aliphatic rings. The largest absolute Gasteiger partial charge is 0.298 e. The molecular weight excluding hydrogens is 324 g/mol. The van der Waals surface area contributed by atoms with Crippen LogP contribution >= 0.6 is 34.3 Å². The molecule has 1 N–H and O–H groups in total. The van der Waals surface area contributed by atoms with E-state index in [9.17, 15) is 4.79 Å². The highest BCUT2D eigenvalue weighted by Crippen LogP contribution is 2.32. The van der Waals surface area contributed by atoms with E-state index in [0.29, 0.717) is 10.7 Å². The van der Waals surface area contributed by atoms with Gasteiger partial charge in [-0.25, -0.2) is 4.98 Å². The fourth-order valence-corrected chi connectivity index (χ4v) is 3.64. The quantitative estimate of drug-likeness (QED) is 0.725. The van der Waals surface area contributed by atoms with Crippen molar-refractivity contribution in [3.8, 4) is 10.6 Å². The number of aromatic nitrogens is 1. The molecule has 0 unspecified atom stereocenters. The number of anilines is 1. The molecule has 0 fully saturated rings. The van der Waals surface area contributed by atoms with Gasteiger partial charge in [-0.1, -0.05) is 29.3 Å². The molecule has 0 radical (unpaired) electrons. The number of amides is 1. The summed E-state index contributed by atoms with van der Waals surface area (Å²) in [6.07, 6.45) is 0. The third-order valence-corrected chi connectivity index (χ3v) is 4.84. The maximum atomic E-state index is 12.2. The van der Waals surface area contributed by atoms with Crippen LogP contribution in [0.15, 0.2) is 41.8 Å². The highest BCUT2D eigenvalue weighted by atomic mass is 35.5. The molecule has 0 aliphatic carbocycles. The third kappa shape index (κ3) is 3.32. The van der Waals surface area contributed by atoms with Gasteiger partial charge in [0.2, 0.25) is 0 Å². The number of thiazole rings is 1. The van der Waals surface area contributed by atoms with Gasteiger partial charge >= 0.3 is 0 Å². The van der Waals surface area contributed by atoms with Gasteiger partial charge in [-0.3, -0.25) is 10.1 Å². The van der Waals surface area contributed by atoms with E-state index in [0.717, 1.165) is 20.5 Å². The summed E-state index contributed by atoms with van der Waals surface area (Å²) >= 11 is 8.79. The first-order chi connectivity index (χ1) is 10.1. The van der Waals surface area contributed by atoms with Gasteiger partial charge in [0.05, 0.1) is 14.9 Å². The molecule has 1 amide bonds. The van der Waals surface area contributed by atoms with Gasteiger partial charge in [-0.2, -0.15) is 0 Å². The van der Waals surface area contributed by atoms with Gasteiger partial charge in [0.1, 0.15) is 0 Å². The molecule has 0 atom stereocenters. The van der Waals surface area contributed by atoms with Crippen LogP contribution in [0.25, 0.3) is 10.6 Å². The van der Waals surface area contributed by atoms with Gasteiger partial charge in [-0.05, 0) is 31.2 Å². The Bertz CT molecular complexity index is 794. The van der Waals surface area contributed by atoms with Crippen molar-refractivity contribution in [2.45, 2.75) is 6.92 Å². The molecule has 0 saturated heterocycles. The fraction of sp³-hybridized carbons (Fsp3) is 0.0667. The number of nitrogens with zero attached hydrogens (tertiary/aromatic N) is 1. The lowest BCUT2D eigenvalue weighted by molar-refractivity contribution is 0.102. The summed E-state index contributed by atoms with van der Waals surface area (Å²) in [5, 5.41) is 5.32. The maximum Gasteiger partial charge on any atom is 0.257 e. The molecule has 3 rings (SSSR count). The average molecular weight is 335 g/mol. The number of rotatable bonds is 3. The minimum atomic E-state index is -0.149. The van der Waals surface area contributed by atoms with Crippen molar-refractivity contribution < 1.29 is 4.79 Å². The maximum absolute atomic E-state index is 12.2. The number of carbonyl (C=O) groups is 1. The highest BCUT2D eigenvalue weighted by molar-refractivity contribution is 7.20. The van der Waals surface area contributed by atoms with Crippen molar-refractivity contribution in [2.24, 2.45) is 0 Å². The molecule has 3 nitrogen and oxygen atoms in total. The standard InChI is InChI=1S/C15H11ClN2OS2/c1-9-3-2-4-10(7-9)14(19)18-15-17-11(8-20-15)12-5-6-13(16)21-12/h2-8H,1H3,(H,17,18,19). The van der Waals surface area contributed by atoms with Crippen molar-refractivity contribution in [3.63, 3.8) is 0 Å². The Labute approximate surface area is 135 Å². The molecule has 0 saturated carbocycles. The van der Waals surface area contributed by atoms with Crippen molar-refractivity contribution in [2.75, 3.05) is 5.32 Å². The number of hydrogen-bond donors (Lipinski definition) is 1. The normalized spacial score (nSPS) is 10.6. The second-order valence-corrected chi connectivity index (χ2v) is 7.04. The Morgan fingerprint density at radius 1 is 1.29 bits per heavy atom. The van der Waals surface area contributed by atoms with Crippen LogP contribution < -0.4 is 5.32 Å². The number of nitrogens with one attached hydrogen (secondary N) is 1. The first-order valence-corrected chi connectivity index (χ1v) is 8.28. The van der Waals surface area contributed by atoms with E-state index in [4.69, 9.17) is 11.6 Å². The van der Waals surface area contributed by atoms with E-state index in [1.54, 1.807) is 6.07 Å². The zero-order chi connectivity index (χ0) is 14.8. The lowest BCUT2D eigenvalue weighted by Gasteiger charge is -2.02. The molecule has 0 bridgehead atoms. The Kier molecular flexibility index (Phi) is 4.05. The molecular formula is C15H11ClN2OS2. The summed E-state index contributed by atoms with van der Waals surface area (Å²) in [7, 11) is 0. The highest BCUT2D eigenvalue weighted by Gasteiger charge is 2.11. The summed E-state index contributed by atoms with van der Waals surface area (Å²) in [6, 6.07) is 11.2. The van der Waals surface area contributed by atoms with Crippen LogP contribution in [-0.4, -0.2) is 10.9 Å². The first kappa shape index (κ1) is 14.3. The number of hydrogen-bond acceptors (Lipinski definition) is 4. The summed E-state index contributed by atoms with van der Waals surface area (Å²) in [5.74, 6) is -0.149. The van der Waals surface area contributed by atoms with E-state index < -0.39 is 0 Å². The SMILES string of the molecule is Cc1cccc(C(=O)Nc2nc(-c3ccc(Cl)s3)cs2)c1. The van der Waals surface area contributed by atoms with Crippen LogP contribution in [0.5, 0.6) is 0 Å². The monoisotopic (exact) mass is 334 g/mol. The predicted molar refractivity (Wildman–Crippen MR) is 89.6 cm³/mol. The van der Waals surface area contributed by atoms with E-state index in [2.05, 4.69) is 10.3 Å². The molecule has 21 heavy (non-hydrogen) atoms. The topological polar surface area (TPSA) is 42.0 Å². The number of carbonyl (C=O) groups excluding carboxylic acids is 1. The molecule has 2 heterocycles. The Morgan fingerprint density at radius 2 is 2.14 bits per heavy atom. The Morgan fingerprint density at radius 3 is 2.86 bits per heavy atom. The summed E-state index contributed by atoms with van der Waals surface area (Å²) < 4.78 is 0.725. The summed E-state index contributed by atoms with van der Waals surface area (Å²) in [4.78, 5) is 17.6. The average Bonchev–Trinajstić information content (AvgIpc) is 3.07. The van der Waals surface area contributed by atoms with E-state index >= 15 is 0 Å². The zero-order valence-corrected chi connectivity index (χ0v) is 13.5.